The monoisotopic (exact) mass is 404 g/mol. The Morgan fingerprint density at radius 2 is 2.00 bits per heavy atom. The van der Waals surface area contributed by atoms with Crippen molar-refractivity contribution in [2.75, 3.05) is 31.6 Å². The van der Waals surface area contributed by atoms with Gasteiger partial charge in [0, 0.05) is 25.8 Å². The van der Waals surface area contributed by atoms with Gasteiger partial charge in [0.05, 0.1) is 23.8 Å². The van der Waals surface area contributed by atoms with Crippen LogP contribution in [0.2, 0.25) is 0 Å². The number of hydrogen-bond acceptors (Lipinski definition) is 5. The first-order chi connectivity index (χ1) is 13.4. The average molecular weight is 404 g/mol. The van der Waals surface area contributed by atoms with Gasteiger partial charge in [-0.15, -0.1) is 0 Å². The largest absolute Gasteiger partial charge is 0.497 e. The van der Waals surface area contributed by atoms with Crippen molar-refractivity contribution < 1.29 is 22.7 Å². The van der Waals surface area contributed by atoms with E-state index >= 15 is 0 Å². The fourth-order valence-corrected chi connectivity index (χ4v) is 4.19. The minimum atomic E-state index is -3.76. The molecule has 0 unspecified atom stereocenters. The first-order valence-electron chi connectivity index (χ1n) is 9.04. The third kappa shape index (κ3) is 4.45. The number of methoxy groups -OCH3 is 1. The molecule has 1 heterocycles. The Hall–Kier alpha value is -2.58. The molecule has 2 aromatic rings. The van der Waals surface area contributed by atoms with Crippen LogP contribution in [0.1, 0.15) is 23.2 Å². The van der Waals surface area contributed by atoms with Gasteiger partial charge in [0.1, 0.15) is 5.75 Å². The number of carbonyl (C=O) groups is 1. The van der Waals surface area contributed by atoms with E-state index in [1.807, 2.05) is 0 Å². The second-order valence-corrected chi connectivity index (χ2v) is 8.51. The lowest BCUT2D eigenvalue weighted by Crippen LogP contribution is -2.32. The Kier molecular flexibility index (Phi) is 6.21. The summed E-state index contributed by atoms with van der Waals surface area (Å²) in [5, 5.41) is 2.84. The second kappa shape index (κ2) is 8.62. The highest BCUT2D eigenvalue weighted by atomic mass is 32.2. The molecule has 0 bridgehead atoms. The summed E-state index contributed by atoms with van der Waals surface area (Å²) in [4.78, 5) is 12.6. The summed E-state index contributed by atoms with van der Waals surface area (Å²) in [7, 11) is -0.779. The summed E-state index contributed by atoms with van der Waals surface area (Å²) >= 11 is 0. The maximum Gasteiger partial charge on any atom is 0.264 e. The Balaban J connectivity index is 1.74. The van der Waals surface area contributed by atoms with Crippen LogP contribution in [0.4, 0.5) is 5.69 Å². The summed E-state index contributed by atoms with van der Waals surface area (Å²) in [5.74, 6) is 0.319. The van der Waals surface area contributed by atoms with Crippen LogP contribution in [0.25, 0.3) is 0 Å². The Morgan fingerprint density at radius 3 is 2.64 bits per heavy atom. The van der Waals surface area contributed by atoms with Gasteiger partial charge in [-0.05, 0) is 55.3 Å². The standard InChI is InChI=1S/C20H24N2O5S/c1-22(28(24,25)19-10-8-17(26-2)9-11-19)16-6-3-5-15(13-16)20(23)21-14-18-7-4-12-27-18/h3,5-6,8-11,13,18H,4,7,12,14H2,1-2H3,(H,21,23)/t18-/m1/s1. The topological polar surface area (TPSA) is 84.9 Å². The van der Waals surface area contributed by atoms with Gasteiger partial charge in [0.2, 0.25) is 0 Å². The second-order valence-electron chi connectivity index (χ2n) is 6.54. The normalized spacial score (nSPS) is 16.6. The maximum absolute atomic E-state index is 12.9. The van der Waals surface area contributed by atoms with Crippen molar-refractivity contribution in [2.45, 2.75) is 23.8 Å². The van der Waals surface area contributed by atoms with Gasteiger partial charge >= 0.3 is 0 Å². The molecule has 1 aliphatic rings. The van der Waals surface area contributed by atoms with Gasteiger partial charge in [-0.2, -0.15) is 0 Å². The molecule has 8 heteroatoms. The zero-order valence-electron chi connectivity index (χ0n) is 15.9. The van der Waals surface area contributed by atoms with Crippen LogP contribution in [-0.2, 0) is 14.8 Å². The molecule has 0 saturated carbocycles. The zero-order valence-corrected chi connectivity index (χ0v) is 16.7. The molecule has 0 radical (unpaired) electrons. The summed E-state index contributed by atoms with van der Waals surface area (Å²) in [6, 6.07) is 12.7. The molecule has 1 saturated heterocycles. The molecular formula is C20H24N2O5S. The van der Waals surface area contributed by atoms with E-state index in [0.717, 1.165) is 23.8 Å². The highest BCUT2D eigenvalue weighted by Crippen LogP contribution is 2.24. The van der Waals surface area contributed by atoms with E-state index in [-0.39, 0.29) is 16.9 Å². The van der Waals surface area contributed by atoms with Crippen molar-refractivity contribution in [3.8, 4) is 5.75 Å². The molecule has 3 rings (SSSR count). The van der Waals surface area contributed by atoms with E-state index in [1.165, 1.54) is 26.3 Å². The molecule has 0 aromatic heterocycles. The number of hydrogen-bond donors (Lipinski definition) is 1. The van der Waals surface area contributed by atoms with Gasteiger partial charge in [-0.1, -0.05) is 6.07 Å². The first kappa shape index (κ1) is 20.2. The van der Waals surface area contributed by atoms with Crippen LogP contribution in [-0.4, -0.2) is 47.7 Å². The maximum atomic E-state index is 12.9. The number of sulfonamides is 1. The number of carbonyl (C=O) groups excluding carboxylic acids is 1. The van der Waals surface area contributed by atoms with E-state index in [2.05, 4.69) is 5.32 Å². The van der Waals surface area contributed by atoms with E-state index in [9.17, 15) is 13.2 Å². The van der Waals surface area contributed by atoms with Crippen molar-refractivity contribution >= 4 is 21.6 Å². The molecular weight excluding hydrogens is 380 g/mol. The van der Waals surface area contributed by atoms with Crippen LogP contribution >= 0.6 is 0 Å². The van der Waals surface area contributed by atoms with Crippen LogP contribution in [0, 0.1) is 0 Å². The van der Waals surface area contributed by atoms with E-state index in [1.54, 1.807) is 36.4 Å². The number of nitrogens with one attached hydrogen (secondary N) is 1. The van der Waals surface area contributed by atoms with Crippen molar-refractivity contribution in [1.29, 1.82) is 0 Å². The van der Waals surface area contributed by atoms with Gasteiger partial charge in [0.15, 0.2) is 0 Å². The van der Waals surface area contributed by atoms with Crippen molar-refractivity contribution in [3.63, 3.8) is 0 Å². The molecule has 2 aromatic carbocycles. The minimum Gasteiger partial charge on any atom is -0.497 e. The highest BCUT2D eigenvalue weighted by Gasteiger charge is 2.22. The number of ether oxygens (including phenoxy) is 2. The first-order valence-corrected chi connectivity index (χ1v) is 10.5. The molecule has 1 amide bonds. The fourth-order valence-electron chi connectivity index (χ4n) is 3.00. The van der Waals surface area contributed by atoms with Gasteiger partial charge < -0.3 is 14.8 Å². The van der Waals surface area contributed by atoms with Gasteiger partial charge in [-0.25, -0.2) is 8.42 Å². The Morgan fingerprint density at radius 1 is 1.25 bits per heavy atom. The highest BCUT2D eigenvalue weighted by molar-refractivity contribution is 7.92. The molecule has 1 N–H and O–H groups in total. The lowest BCUT2D eigenvalue weighted by molar-refractivity contribution is 0.0858. The molecule has 7 nitrogen and oxygen atoms in total. The molecule has 150 valence electrons. The van der Waals surface area contributed by atoms with Crippen LogP contribution < -0.4 is 14.4 Å². The predicted octanol–water partition coefficient (Wildman–Crippen LogP) is 2.43. The van der Waals surface area contributed by atoms with Crippen molar-refractivity contribution in [1.82, 2.24) is 5.32 Å². The van der Waals surface area contributed by atoms with Crippen LogP contribution in [0.3, 0.4) is 0 Å². The number of benzene rings is 2. The Labute approximate surface area is 165 Å². The predicted molar refractivity (Wildman–Crippen MR) is 106 cm³/mol. The van der Waals surface area contributed by atoms with E-state index in [4.69, 9.17) is 9.47 Å². The van der Waals surface area contributed by atoms with Crippen molar-refractivity contribution in [2.24, 2.45) is 0 Å². The smallest absolute Gasteiger partial charge is 0.264 e. The van der Waals surface area contributed by atoms with Gasteiger partial charge in [0.25, 0.3) is 15.9 Å². The van der Waals surface area contributed by atoms with E-state index < -0.39 is 10.0 Å². The zero-order chi connectivity index (χ0) is 20.1. The van der Waals surface area contributed by atoms with Crippen LogP contribution in [0.5, 0.6) is 5.75 Å². The molecule has 1 fully saturated rings. The summed E-state index contributed by atoms with van der Waals surface area (Å²) in [6.45, 7) is 1.17. The average Bonchev–Trinajstić information content (AvgIpc) is 3.25. The third-order valence-corrected chi connectivity index (χ3v) is 6.50. The summed E-state index contributed by atoms with van der Waals surface area (Å²) in [6.07, 6.45) is 1.98. The minimum absolute atomic E-state index is 0.0465. The number of anilines is 1. The van der Waals surface area contributed by atoms with Gasteiger partial charge in [-0.3, -0.25) is 9.10 Å². The lowest BCUT2D eigenvalue weighted by atomic mass is 10.2. The van der Waals surface area contributed by atoms with Crippen LogP contribution in [0.15, 0.2) is 53.4 Å². The summed E-state index contributed by atoms with van der Waals surface area (Å²) < 4.78 is 37.5. The molecule has 0 spiro atoms. The number of rotatable bonds is 7. The molecule has 28 heavy (non-hydrogen) atoms. The SMILES string of the molecule is COc1ccc(S(=O)(=O)N(C)c2cccc(C(=O)NC[C@H]3CCCO3)c2)cc1. The number of amides is 1. The van der Waals surface area contributed by atoms with E-state index in [0.29, 0.717) is 23.5 Å². The third-order valence-electron chi connectivity index (χ3n) is 4.70. The fraction of sp³-hybridized carbons (Fsp3) is 0.350. The molecule has 0 aliphatic carbocycles. The molecule has 1 atom stereocenters. The number of nitrogens with zero attached hydrogens (tertiary/aromatic N) is 1. The quantitative estimate of drug-likeness (QED) is 0.766. The lowest BCUT2D eigenvalue weighted by Gasteiger charge is -2.20. The van der Waals surface area contributed by atoms with Crippen molar-refractivity contribution in [3.05, 3.63) is 54.1 Å². The Bertz CT molecular complexity index is 922. The summed E-state index contributed by atoms with van der Waals surface area (Å²) in [5.41, 5.74) is 0.799. The molecule has 1 aliphatic heterocycles.